The first-order valence-corrected chi connectivity index (χ1v) is 9.11. The van der Waals surface area contributed by atoms with Gasteiger partial charge in [0.1, 0.15) is 12.4 Å². The third kappa shape index (κ3) is 4.06. The number of likely N-dealkylation sites (tertiary alicyclic amines) is 1. The number of ether oxygens (including phenoxy) is 1. The number of amides is 3. The Morgan fingerprint density at radius 1 is 1.25 bits per heavy atom. The van der Waals surface area contributed by atoms with E-state index in [1.165, 1.54) is 19.1 Å². The van der Waals surface area contributed by atoms with Gasteiger partial charge in [-0.25, -0.2) is 4.39 Å². The van der Waals surface area contributed by atoms with E-state index in [0.717, 1.165) is 11.0 Å². The Hall–Kier alpha value is -2.74. The molecule has 9 heteroatoms. The summed E-state index contributed by atoms with van der Waals surface area (Å²) in [5, 5.41) is 2.46. The number of anilines is 1. The van der Waals surface area contributed by atoms with Crippen molar-refractivity contribution in [2.24, 2.45) is 11.8 Å². The topological polar surface area (TPSA) is 92.8 Å². The Morgan fingerprint density at radius 2 is 1.86 bits per heavy atom. The Kier molecular flexibility index (Phi) is 5.79. The van der Waals surface area contributed by atoms with E-state index in [1.54, 1.807) is 0 Å². The van der Waals surface area contributed by atoms with Crippen molar-refractivity contribution in [3.63, 3.8) is 0 Å². The highest BCUT2D eigenvalue weighted by Gasteiger charge is 2.47. The van der Waals surface area contributed by atoms with E-state index < -0.39 is 54.0 Å². The van der Waals surface area contributed by atoms with Crippen LogP contribution in [0.5, 0.6) is 0 Å². The van der Waals surface area contributed by atoms with Gasteiger partial charge in [-0.1, -0.05) is 23.8 Å². The minimum absolute atomic E-state index is 0.112. The Labute approximate surface area is 165 Å². The molecule has 1 aliphatic heterocycles. The fourth-order valence-corrected chi connectivity index (χ4v) is 3.43. The van der Waals surface area contributed by atoms with Crippen LogP contribution in [0.15, 0.2) is 30.4 Å². The van der Waals surface area contributed by atoms with Crippen LogP contribution in [0.3, 0.4) is 0 Å². The Bertz CT molecular complexity index is 846. The van der Waals surface area contributed by atoms with Gasteiger partial charge < -0.3 is 10.1 Å². The molecule has 3 amide bonds. The van der Waals surface area contributed by atoms with E-state index in [1.807, 2.05) is 12.2 Å². The summed E-state index contributed by atoms with van der Waals surface area (Å²) in [5.41, 5.74) is -0.112. The van der Waals surface area contributed by atoms with Crippen molar-refractivity contribution in [2.75, 3.05) is 11.9 Å². The van der Waals surface area contributed by atoms with E-state index in [9.17, 15) is 23.6 Å². The summed E-state index contributed by atoms with van der Waals surface area (Å²) in [6, 6.07) is 3.71. The maximum Gasteiger partial charge on any atom is 0.326 e. The summed E-state index contributed by atoms with van der Waals surface area (Å²) in [7, 11) is 0. The first-order valence-electron chi connectivity index (χ1n) is 8.73. The van der Waals surface area contributed by atoms with Gasteiger partial charge in [-0.15, -0.1) is 0 Å². The fraction of sp³-hybridized carbons (Fsp3) is 0.368. The van der Waals surface area contributed by atoms with E-state index in [4.69, 9.17) is 16.3 Å². The van der Waals surface area contributed by atoms with Gasteiger partial charge in [0.15, 0.2) is 6.10 Å². The largest absolute Gasteiger partial charge is 0.451 e. The molecule has 148 valence electrons. The minimum atomic E-state index is -1.25. The Balaban J connectivity index is 1.56. The van der Waals surface area contributed by atoms with Crippen LogP contribution in [0.1, 0.15) is 19.8 Å². The number of imide groups is 1. The highest BCUT2D eigenvalue weighted by molar-refractivity contribution is 6.30. The monoisotopic (exact) mass is 408 g/mol. The van der Waals surface area contributed by atoms with E-state index >= 15 is 0 Å². The molecule has 1 aromatic carbocycles. The van der Waals surface area contributed by atoms with Gasteiger partial charge in [0, 0.05) is 5.02 Å². The van der Waals surface area contributed by atoms with Crippen LogP contribution in [-0.2, 0) is 23.9 Å². The zero-order chi connectivity index (χ0) is 20.4. The lowest BCUT2D eigenvalue weighted by Crippen LogP contribution is -2.39. The van der Waals surface area contributed by atoms with Gasteiger partial charge in [0.25, 0.3) is 5.91 Å². The number of esters is 1. The number of benzene rings is 1. The zero-order valence-corrected chi connectivity index (χ0v) is 15.7. The number of hydrogen-bond acceptors (Lipinski definition) is 5. The van der Waals surface area contributed by atoms with Gasteiger partial charge >= 0.3 is 5.97 Å². The molecule has 0 spiro atoms. The second-order valence-electron chi connectivity index (χ2n) is 6.66. The van der Waals surface area contributed by atoms with Crippen LogP contribution >= 0.6 is 11.6 Å². The first-order chi connectivity index (χ1) is 13.3. The lowest BCUT2D eigenvalue weighted by atomic mass is 9.85. The number of rotatable bonds is 5. The first kappa shape index (κ1) is 20.0. The van der Waals surface area contributed by atoms with Crippen molar-refractivity contribution in [1.29, 1.82) is 0 Å². The van der Waals surface area contributed by atoms with Crippen LogP contribution in [0.2, 0.25) is 5.02 Å². The number of carbonyl (C=O) groups excluding carboxylic acids is 4. The van der Waals surface area contributed by atoms with Crippen LogP contribution in [0, 0.1) is 17.7 Å². The van der Waals surface area contributed by atoms with Crippen molar-refractivity contribution in [1.82, 2.24) is 4.90 Å². The standard InChI is InChI=1S/C19H18ClFN2O5/c1-10(17(25)22-15-7-6-11(20)8-14(15)21)28-16(24)9-23-18(26)12-4-2-3-5-13(12)19(23)27/h2-3,6-8,10,12-13H,4-5,9H2,1H3,(H,22,25)/t10-,12-,13+/m0/s1. The predicted octanol–water partition coefficient (Wildman–Crippen LogP) is 2.30. The summed E-state index contributed by atoms with van der Waals surface area (Å²) in [4.78, 5) is 49.8. The molecule has 0 radical (unpaired) electrons. The number of allylic oxidation sites excluding steroid dienone is 2. The van der Waals surface area contributed by atoms with E-state index in [2.05, 4.69) is 5.32 Å². The molecule has 28 heavy (non-hydrogen) atoms. The number of nitrogens with one attached hydrogen (secondary N) is 1. The molecule has 7 nitrogen and oxygen atoms in total. The van der Waals surface area contributed by atoms with Gasteiger partial charge in [0.2, 0.25) is 11.8 Å². The van der Waals surface area contributed by atoms with Gasteiger partial charge in [-0.3, -0.25) is 24.1 Å². The number of carbonyl (C=O) groups is 4. The molecule has 1 heterocycles. The van der Waals surface area contributed by atoms with Crippen molar-refractivity contribution in [3.8, 4) is 0 Å². The molecule has 1 fully saturated rings. The average Bonchev–Trinajstić information content (AvgIpc) is 2.89. The average molecular weight is 409 g/mol. The zero-order valence-electron chi connectivity index (χ0n) is 15.0. The summed E-state index contributed by atoms with van der Waals surface area (Å²) in [6.45, 7) is 0.746. The highest BCUT2D eigenvalue weighted by Crippen LogP contribution is 2.34. The number of nitrogens with zero attached hydrogens (tertiary/aromatic N) is 1. The van der Waals surface area contributed by atoms with Crippen molar-refractivity contribution in [2.45, 2.75) is 25.9 Å². The molecule has 1 aliphatic carbocycles. The van der Waals surface area contributed by atoms with Crippen molar-refractivity contribution in [3.05, 3.63) is 41.2 Å². The van der Waals surface area contributed by atoms with E-state index in [-0.39, 0.29) is 10.7 Å². The highest BCUT2D eigenvalue weighted by atomic mass is 35.5. The molecule has 0 aromatic heterocycles. The SMILES string of the molecule is C[C@H](OC(=O)CN1C(=O)[C@H]2CC=CC[C@H]2C1=O)C(=O)Nc1ccc(Cl)cc1F. The van der Waals surface area contributed by atoms with Crippen LogP contribution in [0.25, 0.3) is 0 Å². The Morgan fingerprint density at radius 3 is 2.43 bits per heavy atom. The van der Waals surface area contributed by atoms with E-state index in [0.29, 0.717) is 12.8 Å². The molecule has 3 atom stereocenters. The number of fused-ring (bicyclic) bond motifs is 1. The minimum Gasteiger partial charge on any atom is -0.451 e. The summed E-state index contributed by atoms with van der Waals surface area (Å²) in [5.74, 6) is -4.09. The molecule has 1 aromatic rings. The summed E-state index contributed by atoms with van der Waals surface area (Å²) < 4.78 is 18.7. The molecule has 1 N–H and O–H groups in total. The van der Waals surface area contributed by atoms with Gasteiger partial charge in [0.05, 0.1) is 17.5 Å². The van der Waals surface area contributed by atoms with Gasteiger partial charge in [-0.05, 0) is 38.0 Å². The lowest BCUT2D eigenvalue weighted by molar-refractivity contribution is -0.158. The molecule has 3 rings (SSSR count). The van der Waals surface area contributed by atoms with Crippen molar-refractivity contribution >= 4 is 41.0 Å². The van der Waals surface area contributed by atoms with Gasteiger partial charge in [-0.2, -0.15) is 0 Å². The normalized spacial score (nSPS) is 22.0. The molecular weight excluding hydrogens is 391 g/mol. The smallest absolute Gasteiger partial charge is 0.326 e. The third-order valence-corrected chi connectivity index (χ3v) is 4.99. The molecule has 2 aliphatic rings. The maximum atomic E-state index is 13.7. The molecule has 1 saturated heterocycles. The summed E-state index contributed by atoms with van der Waals surface area (Å²) in [6.07, 6.45) is 3.37. The third-order valence-electron chi connectivity index (χ3n) is 4.75. The second-order valence-corrected chi connectivity index (χ2v) is 7.10. The molecular formula is C19H18ClFN2O5. The van der Waals surface area contributed by atoms with Crippen molar-refractivity contribution < 1.29 is 28.3 Å². The predicted molar refractivity (Wildman–Crippen MR) is 97.7 cm³/mol. The molecule has 0 bridgehead atoms. The van der Waals surface area contributed by atoms with Crippen LogP contribution < -0.4 is 5.32 Å². The second kappa shape index (κ2) is 8.10. The molecule has 0 saturated carbocycles. The molecule has 0 unspecified atom stereocenters. The quantitative estimate of drug-likeness (QED) is 0.458. The number of hydrogen-bond donors (Lipinski definition) is 1. The van der Waals surface area contributed by atoms with Crippen LogP contribution in [0.4, 0.5) is 10.1 Å². The lowest BCUT2D eigenvalue weighted by Gasteiger charge is -2.17. The number of halogens is 2. The maximum absolute atomic E-state index is 13.7. The summed E-state index contributed by atoms with van der Waals surface area (Å²) >= 11 is 5.65. The van der Waals surface area contributed by atoms with Crippen LogP contribution in [-0.4, -0.2) is 41.2 Å². The fourth-order valence-electron chi connectivity index (χ4n) is 3.27.